The topological polar surface area (TPSA) is 20.3 Å². The number of thiol groups is 1. The maximum atomic E-state index is 11.8. The second-order valence-electron chi connectivity index (χ2n) is 4.77. The molecule has 2 atom stereocenters. The van der Waals surface area contributed by atoms with Crippen molar-refractivity contribution in [3.8, 4) is 0 Å². The molecule has 1 aliphatic heterocycles. The van der Waals surface area contributed by atoms with Gasteiger partial charge >= 0.3 is 0 Å². The summed E-state index contributed by atoms with van der Waals surface area (Å²) >= 11 is 4.23. The number of hydrogen-bond acceptors (Lipinski definition) is 2. The summed E-state index contributed by atoms with van der Waals surface area (Å²) in [4.78, 5) is 13.9. The number of likely N-dealkylation sites (tertiary alicyclic amines) is 1. The summed E-state index contributed by atoms with van der Waals surface area (Å²) in [5.41, 5.74) is 0. The summed E-state index contributed by atoms with van der Waals surface area (Å²) < 4.78 is 0. The van der Waals surface area contributed by atoms with E-state index in [1.165, 1.54) is 6.42 Å². The number of piperidine rings is 1. The van der Waals surface area contributed by atoms with E-state index in [0.29, 0.717) is 11.8 Å². The predicted octanol–water partition coefficient (Wildman–Crippen LogP) is 2.59. The van der Waals surface area contributed by atoms with Gasteiger partial charge < -0.3 is 4.90 Å². The number of carbonyl (C=O) groups excluding carboxylic acids is 1. The molecular weight excluding hydrogens is 206 g/mol. The monoisotopic (exact) mass is 229 g/mol. The van der Waals surface area contributed by atoms with E-state index in [2.05, 4.69) is 19.6 Å². The Hall–Kier alpha value is -0.180. The van der Waals surface area contributed by atoms with Gasteiger partial charge in [-0.15, -0.1) is 0 Å². The predicted molar refractivity (Wildman–Crippen MR) is 67.2 cm³/mol. The van der Waals surface area contributed by atoms with E-state index in [0.717, 1.165) is 38.1 Å². The normalized spacial score (nSPS) is 24.3. The van der Waals surface area contributed by atoms with Gasteiger partial charge in [-0.25, -0.2) is 0 Å². The lowest BCUT2D eigenvalue weighted by Crippen LogP contribution is -2.41. The highest BCUT2D eigenvalue weighted by atomic mass is 32.1. The average Bonchev–Trinajstić information content (AvgIpc) is 2.21. The van der Waals surface area contributed by atoms with Gasteiger partial charge in [0.25, 0.3) is 0 Å². The Morgan fingerprint density at radius 3 is 2.93 bits per heavy atom. The van der Waals surface area contributed by atoms with E-state index in [9.17, 15) is 4.79 Å². The second kappa shape index (κ2) is 6.41. The third kappa shape index (κ3) is 4.06. The molecule has 0 aromatic rings. The number of carbonyl (C=O) groups is 1. The molecule has 0 aliphatic carbocycles. The standard InChI is InChI=1S/C12H23NOS/c1-10(6-9-15)5-8-13-7-3-4-11(2)12(13)14/h10-11,15H,3-9H2,1-2H3. The Balaban J connectivity index is 2.28. The SMILES string of the molecule is CC(CCS)CCN1CCCC(C)C1=O. The van der Waals surface area contributed by atoms with Crippen LogP contribution >= 0.6 is 12.6 Å². The van der Waals surface area contributed by atoms with Crippen LogP contribution in [0, 0.1) is 11.8 Å². The van der Waals surface area contributed by atoms with Gasteiger partial charge in [0.2, 0.25) is 5.91 Å². The van der Waals surface area contributed by atoms with Crippen molar-refractivity contribution in [3.63, 3.8) is 0 Å². The summed E-state index contributed by atoms with van der Waals surface area (Å²) in [5, 5.41) is 0. The van der Waals surface area contributed by atoms with Gasteiger partial charge in [0.15, 0.2) is 0 Å². The van der Waals surface area contributed by atoms with Crippen LogP contribution in [0.3, 0.4) is 0 Å². The summed E-state index contributed by atoms with van der Waals surface area (Å²) in [6, 6.07) is 0. The summed E-state index contributed by atoms with van der Waals surface area (Å²) in [6.07, 6.45) is 4.52. The van der Waals surface area contributed by atoms with Crippen molar-refractivity contribution < 1.29 is 4.79 Å². The Kier molecular flexibility index (Phi) is 5.51. The molecule has 0 spiro atoms. The molecule has 1 aliphatic rings. The molecule has 2 unspecified atom stereocenters. The number of rotatable bonds is 5. The van der Waals surface area contributed by atoms with Crippen LogP contribution in [0.15, 0.2) is 0 Å². The lowest BCUT2D eigenvalue weighted by Gasteiger charge is -2.31. The van der Waals surface area contributed by atoms with E-state index in [4.69, 9.17) is 0 Å². The van der Waals surface area contributed by atoms with Crippen molar-refractivity contribution in [2.24, 2.45) is 11.8 Å². The fourth-order valence-electron chi connectivity index (χ4n) is 2.10. The minimum atomic E-state index is 0.249. The van der Waals surface area contributed by atoms with E-state index in [1.807, 2.05) is 11.8 Å². The zero-order valence-electron chi connectivity index (χ0n) is 9.91. The fraction of sp³-hybridized carbons (Fsp3) is 0.917. The molecule has 0 saturated carbocycles. The van der Waals surface area contributed by atoms with Crippen molar-refractivity contribution in [2.75, 3.05) is 18.8 Å². The van der Waals surface area contributed by atoms with Crippen molar-refractivity contribution in [2.45, 2.75) is 39.5 Å². The van der Waals surface area contributed by atoms with E-state index in [-0.39, 0.29) is 5.92 Å². The van der Waals surface area contributed by atoms with E-state index in [1.54, 1.807) is 0 Å². The summed E-state index contributed by atoms with van der Waals surface area (Å²) in [5.74, 6) is 2.25. The van der Waals surface area contributed by atoms with Gasteiger partial charge in [-0.1, -0.05) is 13.8 Å². The summed E-state index contributed by atoms with van der Waals surface area (Å²) in [6.45, 7) is 6.20. The average molecular weight is 229 g/mol. The molecule has 1 rings (SSSR count). The fourth-order valence-corrected chi connectivity index (χ4v) is 2.54. The zero-order chi connectivity index (χ0) is 11.3. The molecule has 0 N–H and O–H groups in total. The van der Waals surface area contributed by atoms with Crippen LogP contribution in [0.1, 0.15) is 39.5 Å². The molecule has 0 bridgehead atoms. The van der Waals surface area contributed by atoms with Crippen LogP contribution in [-0.4, -0.2) is 29.6 Å². The zero-order valence-corrected chi connectivity index (χ0v) is 10.8. The van der Waals surface area contributed by atoms with Gasteiger partial charge in [-0.05, 0) is 37.4 Å². The highest BCUT2D eigenvalue weighted by Crippen LogP contribution is 2.18. The third-order valence-corrected chi connectivity index (χ3v) is 3.57. The second-order valence-corrected chi connectivity index (χ2v) is 5.22. The Morgan fingerprint density at radius 1 is 1.53 bits per heavy atom. The van der Waals surface area contributed by atoms with Gasteiger partial charge in [0, 0.05) is 19.0 Å². The molecule has 1 fully saturated rings. The Bertz CT molecular complexity index is 208. The van der Waals surface area contributed by atoms with Gasteiger partial charge in [0.05, 0.1) is 0 Å². The van der Waals surface area contributed by atoms with Crippen LogP contribution in [0.5, 0.6) is 0 Å². The van der Waals surface area contributed by atoms with Crippen LogP contribution in [0.25, 0.3) is 0 Å². The first kappa shape index (κ1) is 12.9. The van der Waals surface area contributed by atoms with Crippen molar-refractivity contribution in [1.82, 2.24) is 4.90 Å². The van der Waals surface area contributed by atoms with Crippen LogP contribution in [0.4, 0.5) is 0 Å². The molecule has 0 radical (unpaired) electrons. The molecule has 3 heteroatoms. The highest BCUT2D eigenvalue weighted by molar-refractivity contribution is 7.80. The van der Waals surface area contributed by atoms with Gasteiger partial charge in [-0.2, -0.15) is 12.6 Å². The van der Waals surface area contributed by atoms with Crippen molar-refractivity contribution in [1.29, 1.82) is 0 Å². The first-order chi connectivity index (χ1) is 7.15. The molecule has 1 amide bonds. The quantitative estimate of drug-likeness (QED) is 0.719. The smallest absolute Gasteiger partial charge is 0.225 e. The lowest BCUT2D eigenvalue weighted by molar-refractivity contribution is -0.137. The number of nitrogens with zero attached hydrogens (tertiary/aromatic N) is 1. The Labute approximate surface area is 98.8 Å². The van der Waals surface area contributed by atoms with Crippen LogP contribution in [0.2, 0.25) is 0 Å². The van der Waals surface area contributed by atoms with E-state index < -0.39 is 0 Å². The van der Waals surface area contributed by atoms with E-state index >= 15 is 0 Å². The number of hydrogen-bond donors (Lipinski definition) is 1. The molecule has 15 heavy (non-hydrogen) atoms. The first-order valence-corrected chi connectivity index (χ1v) is 6.68. The minimum Gasteiger partial charge on any atom is -0.342 e. The van der Waals surface area contributed by atoms with Crippen LogP contribution in [-0.2, 0) is 4.79 Å². The number of amides is 1. The van der Waals surface area contributed by atoms with Crippen molar-refractivity contribution >= 4 is 18.5 Å². The molecule has 0 aromatic heterocycles. The largest absolute Gasteiger partial charge is 0.342 e. The van der Waals surface area contributed by atoms with Crippen molar-refractivity contribution in [3.05, 3.63) is 0 Å². The molecule has 0 aromatic carbocycles. The van der Waals surface area contributed by atoms with Gasteiger partial charge in [-0.3, -0.25) is 4.79 Å². The molecule has 2 nitrogen and oxygen atoms in total. The summed E-state index contributed by atoms with van der Waals surface area (Å²) in [7, 11) is 0. The third-order valence-electron chi connectivity index (χ3n) is 3.31. The maximum absolute atomic E-state index is 11.8. The first-order valence-electron chi connectivity index (χ1n) is 6.04. The molecular formula is C12H23NOS. The molecule has 1 saturated heterocycles. The van der Waals surface area contributed by atoms with Gasteiger partial charge in [0.1, 0.15) is 0 Å². The molecule has 88 valence electrons. The maximum Gasteiger partial charge on any atom is 0.225 e. The molecule has 1 heterocycles. The Morgan fingerprint density at radius 2 is 2.27 bits per heavy atom. The highest BCUT2D eigenvalue weighted by Gasteiger charge is 2.24. The van der Waals surface area contributed by atoms with Crippen LogP contribution < -0.4 is 0 Å². The lowest BCUT2D eigenvalue weighted by atomic mass is 9.98. The minimum absolute atomic E-state index is 0.249.